The Labute approximate surface area is 108 Å². The number of rotatable bonds is 3. The predicted octanol–water partition coefficient (Wildman–Crippen LogP) is 0.915. The molecule has 2 heterocycles. The zero-order valence-electron chi connectivity index (χ0n) is 9.88. The molecule has 7 nitrogen and oxygen atoms in total. The van der Waals surface area contributed by atoms with Gasteiger partial charge in [0.2, 0.25) is 6.79 Å². The second-order valence-electron chi connectivity index (χ2n) is 3.95. The lowest BCUT2D eigenvalue weighted by Gasteiger charge is -2.07. The summed E-state index contributed by atoms with van der Waals surface area (Å²) in [5.41, 5.74) is 6.48. The van der Waals surface area contributed by atoms with Crippen LogP contribution in [-0.4, -0.2) is 17.9 Å². The van der Waals surface area contributed by atoms with E-state index in [9.17, 15) is 4.79 Å². The molecule has 1 aliphatic rings. The number of benzene rings is 1. The van der Waals surface area contributed by atoms with Crippen molar-refractivity contribution in [2.75, 3.05) is 12.5 Å². The lowest BCUT2D eigenvalue weighted by Crippen LogP contribution is -2.23. The first-order chi connectivity index (χ1) is 9.24. The SMILES string of the molecule is Nc1cc2c(cc1C(=O)NCc1ccno1)OCO2. The molecule has 0 bridgehead atoms. The number of amides is 1. The van der Waals surface area contributed by atoms with E-state index in [4.69, 9.17) is 19.7 Å². The quantitative estimate of drug-likeness (QED) is 0.797. The molecule has 1 aliphatic heterocycles. The summed E-state index contributed by atoms with van der Waals surface area (Å²) < 4.78 is 15.3. The van der Waals surface area contributed by atoms with Crippen LogP contribution in [-0.2, 0) is 6.54 Å². The Hall–Kier alpha value is -2.70. The molecule has 2 aromatic rings. The third-order valence-corrected chi connectivity index (χ3v) is 2.70. The van der Waals surface area contributed by atoms with E-state index in [0.717, 1.165) is 0 Å². The molecular formula is C12H11N3O4. The number of carbonyl (C=O) groups is 1. The van der Waals surface area contributed by atoms with Gasteiger partial charge in [-0.05, 0) is 6.07 Å². The molecule has 0 radical (unpaired) electrons. The molecule has 98 valence electrons. The molecule has 0 spiro atoms. The van der Waals surface area contributed by atoms with Gasteiger partial charge in [-0.1, -0.05) is 5.16 Å². The van der Waals surface area contributed by atoms with Crippen LogP contribution in [0, 0.1) is 0 Å². The highest BCUT2D eigenvalue weighted by atomic mass is 16.7. The minimum Gasteiger partial charge on any atom is -0.454 e. The molecule has 3 rings (SSSR count). The van der Waals surface area contributed by atoms with Gasteiger partial charge in [-0.15, -0.1) is 0 Å². The summed E-state index contributed by atoms with van der Waals surface area (Å²) in [5.74, 6) is 1.31. The zero-order chi connectivity index (χ0) is 13.2. The molecule has 0 unspecified atom stereocenters. The minimum atomic E-state index is -0.313. The van der Waals surface area contributed by atoms with E-state index >= 15 is 0 Å². The number of anilines is 1. The predicted molar refractivity (Wildman–Crippen MR) is 64.7 cm³/mol. The van der Waals surface area contributed by atoms with Crippen LogP contribution in [0.15, 0.2) is 28.9 Å². The zero-order valence-corrected chi connectivity index (χ0v) is 9.88. The Balaban J connectivity index is 1.76. The van der Waals surface area contributed by atoms with Gasteiger partial charge in [0.15, 0.2) is 17.3 Å². The average molecular weight is 261 g/mol. The fraction of sp³-hybridized carbons (Fsp3) is 0.167. The highest BCUT2D eigenvalue weighted by Gasteiger charge is 2.19. The maximum absolute atomic E-state index is 12.0. The summed E-state index contributed by atoms with van der Waals surface area (Å²) in [4.78, 5) is 12.0. The molecule has 1 aromatic carbocycles. The Bertz CT molecular complexity index is 610. The van der Waals surface area contributed by atoms with Crippen molar-refractivity contribution in [2.45, 2.75) is 6.54 Å². The van der Waals surface area contributed by atoms with Crippen molar-refractivity contribution in [3.63, 3.8) is 0 Å². The van der Waals surface area contributed by atoms with Crippen molar-refractivity contribution in [3.8, 4) is 11.5 Å². The minimum absolute atomic E-state index is 0.137. The van der Waals surface area contributed by atoms with Gasteiger partial charge in [-0.25, -0.2) is 0 Å². The number of nitrogen functional groups attached to an aromatic ring is 1. The highest BCUT2D eigenvalue weighted by Crippen LogP contribution is 2.35. The molecule has 3 N–H and O–H groups in total. The monoisotopic (exact) mass is 261 g/mol. The first kappa shape index (κ1) is 11.4. The molecule has 0 aliphatic carbocycles. The van der Waals surface area contributed by atoms with Crippen LogP contribution in [0.3, 0.4) is 0 Å². The molecule has 19 heavy (non-hydrogen) atoms. The van der Waals surface area contributed by atoms with Gasteiger partial charge in [-0.2, -0.15) is 0 Å². The Kier molecular flexibility index (Phi) is 2.71. The first-order valence-electron chi connectivity index (χ1n) is 5.61. The van der Waals surface area contributed by atoms with E-state index in [1.807, 2.05) is 0 Å². The summed E-state index contributed by atoms with van der Waals surface area (Å²) in [6, 6.07) is 4.81. The average Bonchev–Trinajstić information content (AvgIpc) is 3.05. The number of fused-ring (bicyclic) bond motifs is 1. The maximum atomic E-state index is 12.0. The fourth-order valence-corrected chi connectivity index (χ4v) is 1.75. The molecule has 1 amide bonds. The van der Waals surface area contributed by atoms with Crippen molar-refractivity contribution in [1.29, 1.82) is 0 Å². The molecule has 7 heteroatoms. The fourth-order valence-electron chi connectivity index (χ4n) is 1.75. The van der Waals surface area contributed by atoms with Gasteiger partial charge < -0.3 is 25.0 Å². The number of nitrogens with one attached hydrogen (secondary N) is 1. The second kappa shape index (κ2) is 4.52. The summed E-state index contributed by atoms with van der Waals surface area (Å²) in [5, 5.41) is 6.23. The van der Waals surface area contributed by atoms with Gasteiger partial charge in [-0.3, -0.25) is 4.79 Å². The lowest BCUT2D eigenvalue weighted by molar-refractivity contribution is 0.0947. The second-order valence-corrected chi connectivity index (χ2v) is 3.95. The number of nitrogens with zero attached hydrogens (tertiary/aromatic N) is 1. The third-order valence-electron chi connectivity index (χ3n) is 2.70. The van der Waals surface area contributed by atoms with Gasteiger partial charge in [0.05, 0.1) is 18.3 Å². The standard InChI is InChI=1S/C12H11N3O4/c13-9-4-11-10(17-6-18-11)3-8(9)12(16)14-5-7-1-2-15-19-7/h1-4H,5-6,13H2,(H,14,16). The van der Waals surface area contributed by atoms with Crippen LogP contribution in [0.1, 0.15) is 16.1 Å². The van der Waals surface area contributed by atoms with Crippen LogP contribution in [0.25, 0.3) is 0 Å². The number of carbonyl (C=O) groups excluding carboxylic acids is 1. The summed E-state index contributed by atoms with van der Waals surface area (Å²) in [6.07, 6.45) is 1.51. The number of ether oxygens (including phenoxy) is 2. The normalized spacial score (nSPS) is 12.4. The van der Waals surface area contributed by atoms with E-state index in [0.29, 0.717) is 28.5 Å². The van der Waals surface area contributed by atoms with E-state index < -0.39 is 0 Å². The van der Waals surface area contributed by atoms with Gasteiger partial charge in [0, 0.05) is 17.8 Å². The van der Waals surface area contributed by atoms with Crippen LogP contribution >= 0.6 is 0 Å². The lowest BCUT2D eigenvalue weighted by atomic mass is 10.1. The summed E-state index contributed by atoms with van der Waals surface area (Å²) in [6.45, 7) is 0.380. The number of aromatic nitrogens is 1. The molecular weight excluding hydrogens is 250 g/mol. The smallest absolute Gasteiger partial charge is 0.253 e. The van der Waals surface area contributed by atoms with Gasteiger partial charge in [0.25, 0.3) is 5.91 Å². The molecule has 0 saturated carbocycles. The largest absolute Gasteiger partial charge is 0.454 e. The Morgan fingerprint density at radius 2 is 2.16 bits per heavy atom. The first-order valence-corrected chi connectivity index (χ1v) is 5.61. The number of hydrogen-bond donors (Lipinski definition) is 2. The van der Waals surface area contributed by atoms with E-state index in [-0.39, 0.29) is 19.2 Å². The molecule has 0 atom stereocenters. The maximum Gasteiger partial charge on any atom is 0.253 e. The Morgan fingerprint density at radius 3 is 2.89 bits per heavy atom. The summed E-state index contributed by atoms with van der Waals surface area (Å²) in [7, 11) is 0. The topological polar surface area (TPSA) is 99.6 Å². The van der Waals surface area contributed by atoms with Crippen LogP contribution < -0.4 is 20.5 Å². The van der Waals surface area contributed by atoms with E-state index in [2.05, 4.69) is 10.5 Å². The van der Waals surface area contributed by atoms with E-state index in [1.54, 1.807) is 18.2 Å². The van der Waals surface area contributed by atoms with Crippen LogP contribution in [0.4, 0.5) is 5.69 Å². The molecule has 0 fully saturated rings. The van der Waals surface area contributed by atoms with Crippen LogP contribution in [0.2, 0.25) is 0 Å². The van der Waals surface area contributed by atoms with Gasteiger partial charge in [0.1, 0.15) is 0 Å². The number of hydrogen-bond acceptors (Lipinski definition) is 6. The highest BCUT2D eigenvalue weighted by molar-refractivity contribution is 6.00. The van der Waals surface area contributed by atoms with Crippen molar-refractivity contribution >= 4 is 11.6 Å². The molecule has 0 saturated heterocycles. The van der Waals surface area contributed by atoms with Gasteiger partial charge >= 0.3 is 0 Å². The number of nitrogens with two attached hydrogens (primary N) is 1. The van der Waals surface area contributed by atoms with Crippen molar-refractivity contribution in [3.05, 3.63) is 35.7 Å². The van der Waals surface area contributed by atoms with Crippen LogP contribution in [0.5, 0.6) is 11.5 Å². The molecule has 1 aromatic heterocycles. The van der Waals surface area contributed by atoms with Crippen molar-refractivity contribution in [2.24, 2.45) is 0 Å². The van der Waals surface area contributed by atoms with Crippen molar-refractivity contribution < 1.29 is 18.8 Å². The van der Waals surface area contributed by atoms with E-state index in [1.165, 1.54) is 6.20 Å². The Morgan fingerprint density at radius 1 is 1.37 bits per heavy atom. The van der Waals surface area contributed by atoms with Crippen molar-refractivity contribution in [1.82, 2.24) is 10.5 Å². The third kappa shape index (κ3) is 2.17. The summed E-state index contributed by atoms with van der Waals surface area (Å²) >= 11 is 0.